The first-order chi connectivity index (χ1) is 9.72. The summed E-state index contributed by atoms with van der Waals surface area (Å²) in [6.45, 7) is 1.53. The fourth-order valence-corrected chi connectivity index (χ4v) is 2.55. The Balaban J connectivity index is 1.75. The SMILES string of the molecule is Fc1cccc(CN(Cc2ccncc2Cl)C2CC2)c1. The molecule has 0 spiro atoms. The minimum Gasteiger partial charge on any atom is -0.292 e. The molecule has 0 N–H and O–H groups in total. The van der Waals surface area contributed by atoms with Crippen LogP contribution in [0.5, 0.6) is 0 Å². The Morgan fingerprint density at radius 1 is 1.25 bits per heavy atom. The van der Waals surface area contributed by atoms with Gasteiger partial charge in [-0.2, -0.15) is 0 Å². The number of rotatable bonds is 5. The quantitative estimate of drug-likeness (QED) is 0.826. The van der Waals surface area contributed by atoms with Gasteiger partial charge in [0.05, 0.1) is 5.02 Å². The number of aromatic nitrogens is 1. The summed E-state index contributed by atoms with van der Waals surface area (Å²) in [4.78, 5) is 6.37. The second kappa shape index (κ2) is 5.90. The molecule has 4 heteroatoms. The summed E-state index contributed by atoms with van der Waals surface area (Å²) in [5.74, 6) is -0.180. The van der Waals surface area contributed by atoms with E-state index in [0.717, 1.165) is 24.2 Å². The lowest BCUT2D eigenvalue weighted by Crippen LogP contribution is -2.25. The van der Waals surface area contributed by atoms with Gasteiger partial charge in [-0.05, 0) is 42.2 Å². The smallest absolute Gasteiger partial charge is 0.123 e. The molecule has 1 aliphatic rings. The van der Waals surface area contributed by atoms with Crippen molar-refractivity contribution in [2.24, 2.45) is 0 Å². The minimum absolute atomic E-state index is 0.180. The molecule has 1 aromatic carbocycles. The van der Waals surface area contributed by atoms with Crippen LogP contribution in [0.1, 0.15) is 24.0 Å². The Morgan fingerprint density at radius 2 is 2.10 bits per heavy atom. The maximum Gasteiger partial charge on any atom is 0.123 e. The number of benzene rings is 1. The van der Waals surface area contributed by atoms with Crippen LogP contribution in [0.15, 0.2) is 42.7 Å². The van der Waals surface area contributed by atoms with Crippen molar-refractivity contribution in [1.82, 2.24) is 9.88 Å². The molecule has 1 aliphatic carbocycles. The Bertz CT molecular complexity index is 599. The normalized spacial score (nSPS) is 14.8. The summed E-state index contributed by atoms with van der Waals surface area (Å²) in [5, 5.41) is 0.692. The molecule has 0 unspecified atom stereocenters. The predicted molar refractivity (Wildman–Crippen MR) is 77.9 cm³/mol. The van der Waals surface area contributed by atoms with Gasteiger partial charge in [0.2, 0.25) is 0 Å². The van der Waals surface area contributed by atoms with Crippen molar-refractivity contribution in [3.8, 4) is 0 Å². The fourth-order valence-electron chi connectivity index (χ4n) is 2.37. The van der Waals surface area contributed by atoms with Crippen LogP contribution in [0, 0.1) is 5.82 Å². The molecule has 1 fully saturated rings. The zero-order chi connectivity index (χ0) is 13.9. The molecular formula is C16H16ClFN2. The van der Waals surface area contributed by atoms with E-state index in [1.54, 1.807) is 24.5 Å². The summed E-state index contributed by atoms with van der Waals surface area (Å²) in [5.41, 5.74) is 2.08. The van der Waals surface area contributed by atoms with Crippen LogP contribution in [-0.2, 0) is 13.1 Å². The van der Waals surface area contributed by atoms with Crippen molar-refractivity contribution in [2.45, 2.75) is 32.0 Å². The van der Waals surface area contributed by atoms with E-state index in [9.17, 15) is 4.39 Å². The van der Waals surface area contributed by atoms with E-state index in [1.807, 2.05) is 12.1 Å². The molecule has 0 aliphatic heterocycles. The molecule has 0 radical (unpaired) electrons. The third-order valence-electron chi connectivity index (χ3n) is 3.57. The highest BCUT2D eigenvalue weighted by Crippen LogP contribution is 2.31. The van der Waals surface area contributed by atoms with Gasteiger partial charge in [0.15, 0.2) is 0 Å². The van der Waals surface area contributed by atoms with Gasteiger partial charge >= 0.3 is 0 Å². The monoisotopic (exact) mass is 290 g/mol. The summed E-state index contributed by atoms with van der Waals surface area (Å²) in [6.07, 6.45) is 5.84. The van der Waals surface area contributed by atoms with Crippen molar-refractivity contribution in [2.75, 3.05) is 0 Å². The highest BCUT2D eigenvalue weighted by atomic mass is 35.5. The van der Waals surface area contributed by atoms with E-state index in [0.29, 0.717) is 11.1 Å². The van der Waals surface area contributed by atoms with Gasteiger partial charge < -0.3 is 0 Å². The maximum atomic E-state index is 13.3. The van der Waals surface area contributed by atoms with E-state index in [4.69, 9.17) is 11.6 Å². The highest BCUT2D eigenvalue weighted by molar-refractivity contribution is 6.31. The molecule has 1 heterocycles. The third-order valence-corrected chi connectivity index (χ3v) is 3.91. The molecule has 2 nitrogen and oxygen atoms in total. The summed E-state index contributed by atoms with van der Waals surface area (Å²) >= 11 is 6.17. The van der Waals surface area contributed by atoms with Crippen molar-refractivity contribution >= 4 is 11.6 Å². The van der Waals surface area contributed by atoms with Gasteiger partial charge in [-0.3, -0.25) is 9.88 Å². The van der Waals surface area contributed by atoms with E-state index in [1.165, 1.54) is 18.9 Å². The zero-order valence-corrected chi connectivity index (χ0v) is 11.9. The molecule has 1 saturated carbocycles. The van der Waals surface area contributed by atoms with Crippen molar-refractivity contribution < 1.29 is 4.39 Å². The lowest BCUT2D eigenvalue weighted by Gasteiger charge is -2.22. The first kappa shape index (κ1) is 13.5. The standard InChI is InChI=1S/C16H16ClFN2/c17-16-9-19-7-6-13(16)11-20(15-4-5-15)10-12-2-1-3-14(18)8-12/h1-3,6-9,15H,4-5,10-11H2. The lowest BCUT2D eigenvalue weighted by molar-refractivity contribution is 0.245. The predicted octanol–water partition coefficient (Wildman–Crippen LogP) is 4.04. The number of halogens is 2. The number of hydrogen-bond acceptors (Lipinski definition) is 2. The van der Waals surface area contributed by atoms with Crippen molar-refractivity contribution in [1.29, 1.82) is 0 Å². The van der Waals surface area contributed by atoms with Crippen LogP contribution >= 0.6 is 11.6 Å². The number of nitrogens with zero attached hydrogens (tertiary/aromatic N) is 2. The van der Waals surface area contributed by atoms with E-state index in [2.05, 4.69) is 9.88 Å². The van der Waals surface area contributed by atoms with Gasteiger partial charge in [-0.1, -0.05) is 23.7 Å². The molecule has 20 heavy (non-hydrogen) atoms. The summed E-state index contributed by atoms with van der Waals surface area (Å²) in [7, 11) is 0. The summed E-state index contributed by atoms with van der Waals surface area (Å²) < 4.78 is 13.3. The topological polar surface area (TPSA) is 16.1 Å². The number of hydrogen-bond donors (Lipinski definition) is 0. The molecule has 2 aromatic rings. The van der Waals surface area contributed by atoms with Crippen LogP contribution in [0.25, 0.3) is 0 Å². The first-order valence-corrected chi connectivity index (χ1v) is 7.17. The van der Waals surface area contributed by atoms with Crippen LogP contribution in [0.2, 0.25) is 5.02 Å². The number of pyridine rings is 1. The van der Waals surface area contributed by atoms with Crippen molar-refractivity contribution in [3.63, 3.8) is 0 Å². The molecule has 0 atom stereocenters. The average molecular weight is 291 g/mol. The van der Waals surface area contributed by atoms with Crippen LogP contribution in [0.3, 0.4) is 0 Å². The fraction of sp³-hybridized carbons (Fsp3) is 0.312. The Hall–Kier alpha value is -1.45. The van der Waals surface area contributed by atoms with Gasteiger partial charge in [0, 0.05) is 31.5 Å². The third kappa shape index (κ3) is 3.35. The molecule has 3 rings (SSSR count). The minimum atomic E-state index is -0.180. The molecular weight excluding hydrogens is 275 g/mol. The highest BCUT2D eigenvalue weighted by Gasteiger charge is 2.29. The maximum absolute atomic E-state index is 13.3. The van der Waals surface area contributed by atoms with E-state index < -0.39 is 0 Å². The van der Waals surface area contributed by atoms with Crippen molar-refractivity contribution in [3.05, 3.63) is 64.7 Å². The van der Waals surface area contributed by atoms with Crippen LogP contribution in [-0.4, -0.2) is 15.9 Å². The molecule has 0 bridgehead atoms. The van der Waals surface area contributed by atoms with Crippen LogP contribution in [0.4, 0.5) is 4.39 Å². The van der Waals surface area contributed by atoms with Gasteiger partial charge in [0.25, 0.3) is 0 Å². The second-order valence-electron chi connectivity index (χ2n) is 5.23. The summed E-state index contributed by atoms with van der Waals surface area (Å²) in [6, 6.07) is 9.33. The largest absolute Gasteiger partial charge is 0.292 e. The lowest BCUT2D eigenvalue weighted by atomic mass is 10.2. The molecule has 104 valence electrons. The van der Waals surface area contributed by atoms with E-state index in [-0.39, 0.29) is 5.82 Å². The average Bonchev–Trinajstić information content (AvgIpc) is 3.25. The zero-order valence-electron chi connectivity index (χ0n) is 11.1. The first-order valence-electron chi connectivity index (χ1n) is 6.79. The van der Waals surface area contributed by atoms with Crippen LogP contribution < -0.4 is 0 Å². The molecule has 1 aromatic heterocycles. The second-order valence-corrected chi connectivity index (χ2v) is 5.64. The van der Waals surface area contributed by atoms with Gasteiger partial charge in [-0.25, -0.2) is 4.39 Å². The Morgan fingerprint density at radius 3 is 2.80 bits per heavy atom. The molecule has 0 saturated heterocycles. The van der Waals surface area contributed by atoms with Gasteiger partial charge in [0.1, 0.15) is 5.82 Å². The Kier molecular flexibility index (Phi) is 3.99. The van der Waals surface area contributed by atoms with E-state index >= 15 is 0 Å². The molecule has 0 amide bonds. The Labute approximate surface area is 123 Å². The van der Waals surface area contributed by atoms with Gasteiger partial charge in [-0.15, -0.1) is 0 Å².